The van der Waals surface area contributed by atoms with Crippen molar-refractivity contribution >= 4 is 11.8 Å². The smallest absolute Gasteiger partial charge is 0.247 e. The van der Waals surface area contributed by atoms with Crippen LogP contribution >= 0.6 is 11.8 Å². The fourth-order valence-electron chi connectivity index (χ4n) is 1.45. The molecule has 5 heteroatoms. The Morgan fingerprint density at radius 2 is 2.24 bits per heavy atom. The van der Waals surface area contributed by atoms with E-state index in [9.17, 15) is 0 Å². The molecule has 0 saturated heterocycles. The van der Waals surface area contributed by atoms with E-state index < -0.39 is 0 Å². The molecule has 0 atom stereocenters. The molecule has 0 radical (unpaired) electrons. The quantitative estimate of drug-likeness (QED) is 0.823. The van der Waals surface area contributed by atoms with Gasteiger partial charge in [-0.15, -0.1) is 10.2 Å². The van der Waals surface area contributed by atoms with Crippen molar-refractivity contribution in [2.75, 3.05) is 12.3 Å². The second-order valence-corrected chi connectivity index (χ2v) is 4.82. The van der Waals surface area contributed by atoms with Gasteiger partial charge in [-0.25, -0.2) is 0 Å². The van der Waals surface area contributed by atoms with Crippen molar-refractivity contribution in [1.82, 2.24) is 10.2 Å². The Morgan fingerprint density at radius 1 is 1.35 bits per heavy atom. The number of aryl methyl sites for hydroxylation is 1. The standard InChI is InChI=1S/C12H15N3OS/c1-9-3-2-4-10(7-9)12-15-14-11(16-12)8-17-6-5-13/h2-4,7H,5-6,8,13H2,1H3. The molecule has 0 fully saturated rings. The molecular weight excluding hydrogens is 234 g/mol. The molecule has 0 spiro atoms. The van der Waals surface area contributed by atoms with Crippen molar-refractivity contribution < 1.29 is 4.42 Å². The predicted molar refractivity (Wildman–Crippen MR) is 69.7 cm³/mol. The highest BCUT2D eigenvalue weighted by atomic mass is 32.2. The second-order valence-electron chi connectivity index (χ2n) is 3.71. The van der Waals surface area contributed by atoms with Gasteiger partial charge >= 0.3 is 0 Å². The highest BCUT2D eigenvalue weighted by molar-refractivity contribution is 7.98. The highest BCUT2D eigenvalue weighted by Gasteiger charge is 2.08. The summed E-state index contributed by atoms with van der Waals surface area (Å²) in [5.74, 6) is 2.86. The maximum absolute atomic E-state index is 5.59. The van der Waals surface area contributed by atoms with Gasteiger partial charge in [0, 0.05) is 17.9 Å². The first kappa shape index (κ1) is 12.1. The van der Waals surface area contributed by atoms with Gasteiger partial charge in [0.25, 0.3) is 0 Å². The molecule has 2 rings (SSSR count). The fourth-order valence-corrected chi connectivity index (χ4v) is 2.05. The number of aromatic nitrogens is 2. The van der Waals surface area contributed by atoms with Crippen molar-refractivity contribution in [2.45, 2.75) is 12.7 Å². The molecule has 0 saturated carbocycles. The van der Waals surface area contributed by atoms with Gasteiger partial charge in [0.05, 0.1) is 5.75 Å². The Balaban J connectivity index is 2.07. The molecule has 0 unspecified atom stereocenters. The van der Waals surface area contributed by atoms with Crippen LogP contribution in [0.1, 0.15) is 11.5 Å². The van der Waals surface area contributed by atoms with Gasteiger partial charge in [0.1, 0.15) is 0 Å². The van der Waals surface area contributed by atoms with Crippen molar-refractivity contribution in [3.63, 3.8) is 0 Å². The minimum atomic E-state index is 0.581. The van der Waals surface area contributed by atoms with E-state index in [0.29, 0.717) is 18.3 Å². The maximum atomic E-state index is 5.59. The first-order chi connectivity index (χ1) is 8.29. The summed E-state index contributed by atoms with van der Waals surface area (Å²) in [4.78, 5) is 0. The average Bonchev–Trinajstić information content (AvgIpc) is 2.78. The summed E-state index contributed by atoms with van der Waals surface area (Å²) in [5.41, 5.74) is 7.56. The number of nitrogens with two attached hydrogens (primary N) is 1. The molecule has 4 nitrogen and oxygen atoms in total. The van der Waals surface area contributed by atoms with Crippen LogP contribution in [-0.4, -0.2) is 22.5 Å². The highest BCUT2D eigenvalue weighted by Crippen LogP contribution is 2.20. The van der Waals surface area contributed by atoms with Crippen molar-refractivity contribution in [2.24, 2.45) is 5.73 Å². The Hall–Kier alpha value is -1.33. The van der Waals surface area contributed by atoms with E-state index in [1.807, 2.05) is 31.2 Å². The van der Waals surface area contributed by atoms with Crippen molar-refractivity contribution in [3.05, 3.63) is 35.7 Å². The lowest BCUT2D eigenvalue weighted by molar-refractivity contribution is 0.528. The molecule has 0 aliphatic heterocycles. The van der Waals surface area contributed by atoms with E-state index in [0.717, 1.165) is 17.1 Å². The molecule has 2 N–H and O–H groups in total. The fraction of sp³-hybridized carbons (Fsp3) is 0.333. The molecule has 1 aromatic heterocycles. The normalized spacial score (nSPS) is 10.7. The molecule has 0 bridgehead atoms. The first-order valence-electron chi connectivity index (χ1n) is 5.47. The largest absolute Gasteiger partial charge is 0.420 e. The summed E-state index contributed by atoms with van der Waals surface area (Å²) < 4.78 is 5.59. The van der Waals surface area contributed by atoms with Crippen LogP contribution in [0, 0.1) is 6.92 Å². The van der Waals surface area contributed by atoms with Crippen molar-refractivity contribution in [3.8, 4) is 11.5 Å². The van der Waals surface area contributed by atoms with Crippen LogP contribution < -0.4 is 5.73 Å². The van der Waals surface area contributed by atoms with Crippen LogP contribution in [0.4, 0.5) is 0 Å². The molecule has 90 valence electrons. The maximum Gasteiger partial charge on any atom is 0.247 e. The Bertz CT molecular complexity index is 484. The minimum Gasteiger partial charge on any atom is -0.420 e. The zero-order valence-corrected chi connectivity index (χ0v) is 10.5. The van der Waals surface area contributed by atoms with Crippen LogP contribution in [0.25, 0.3) is 11.5 Å². The van der Waals surface area contributed by atoms with E-state index >= 15 is 0 Å². The Morgan fingerprint density at radius 3 is 3.00 bits per heavy atom. The molecule has 2 aromatic rings. The van der Waals surface area contributed by atoms with Crippen LogP contribution in [0.3, 0.4) is 0 Å². The summed E-state index contributed by atoms with van der Waals surface area (Å²) >= 11 is 1.70. The molecule has 0 aliphatic carbocycles. The minimum absolute atomic E-state index is 0.581. The number of nitrogens with zero attached hydrogens (tertiary/aromatic N) is 2. The van der Waals surface area contributed by atoms with Crippen LogP contribution in [0.5, 0.6) is 0 Å². The lowest BCUT2D eigenvalue weighted by atomic mass is 10.1. The number of hydrogen-bond donors (Lipinski definition) is 1. The van der Waals surface area contributed by atoms with Crippen molar-refractivity contribution in [1.29, 1.82) is 0 Å². The van der Waals surface area contributed by atoms with E-state index in [1.165, 1.54) is 5.56 Å². The summed E-state index contributed by atoms with van der Waals surface area (Å²) in [7, 11) is 0. The molecular formula is C12H15N3OS. The number of benzene rings is 1. The van der Waals surface area contributed by atoms with Crippen LogP contribution in [0.15, 0.2) is 28.7 Å². The third-order valence-electron chi connectivity index (χ3n) is 2.22. The SMILES string of the molecule is Cc1cccc(-c2nnc(CSCCN)o2)c1. The lowest BCUT2D eigenvalue weighted by Gasteiger charge is -1.96. The van der Waals surface area contributed by atoms with Gasteiger partial charge in [0.2, 0.25) is 11.8 Å². The zero-order valence-electron chi connectivity index (χ0n) is 9.72. The van der Waals surface area contributed by atoms with E-state index in [2.05, 4.69) is 10.2 Å². The van der Waals surface area contributed by atoms with Gasteiger partial charge in [-0.2, -0.15) is 11.8 Å². The van der Waals surface area contributed by atoms with Gasteiger partial charge in [-0.3, -0.25) is 0 Å². The summed E-state index contributed by atoms with van der Waals surface area (Å²) in [6.45, 7) is 2.71. The topological polar surface area (TPSA) is 64.9 Å². The predicted octanol–water partition coefficient (Wildman–Crippen LogP) is 2.24. The van der Waals surface area contributed by atoms with E-state index in [4.69, 9.17) is 10.2 Å². The number of rotatable bonds is 5. The third kappa shape index (κ3) is 3.31. The Labute approximate surface area is 105 Å². The average molecular weight is 249 g/mol. The molecule has 0 amide bonds. The lowest BCUT2D eigenvalue weighted by Crippen LogP contribution is -2.01. The summed E-state index contributed by atoms with van der Waals surface area (Å²) in [5, 5.41) is 8.06. The van der Waals surface area contributed by atoms with Gasteiger partial charge in [-0.1, -0.05) is 17.7 Å². The molecule has 17 heavy (non-hydrogen) atoms. The number of thioether (sulfide) groups is 1. The summed E-state index contributed by atoms with van der Waals surface area (Å²) in [6, 6.07) is 8.03. The van der Waals surface area contributed by atoms with E-state index in [1.54, 1.807) is 11.8 Å². The third-order valence-corrected chi connectivity index (χ3v) is 3.20. The molecule has 1 aromatic carbocycles. The second kappa shape index (κ2) is 5.84. The molecule has 0 aliphatic rings. The molecule has 1 heterocycles. The zero-order chi connectivity index (χ0) is 12.1. The van der Waals surface area contributed by atoms with E-state index in [-0.39, 0.29) is 0 Å². The van der Waals surface area contributed by atoms with Gasteiger partial charge in [0.15, 0.2) is 0 Å². The monoisotopic (exact) mass is 249 g/mol. The number of hydrogen-bond acceptors (Lipinski definition) is 5. The van der Waals surface area contributed by atoms with Gasteiger partial charge < -0.3 is 10.2 Å². The Kier molecular flexibility index (Phi) is 4.17. The van der Waals surface area contributed by atoms with Crippen LogP contribution in [0.2, 0.25) is 0 Å². The van der Waals surface area contributed by atoms with Gasteiger partial charge in [-0.05, 0) is 19.1 Å². The first-order valence-corrected chi connectivity index (χ1v) is 6.62. The summed E-state index contributed by atoms with van der Waals surface area (Å²) in [6.07, 6.45) is 0. The van der Waals surface area contributed by atoms with Crippen LogP contribution in [-0.2, 0) is 5.75 Å².